The summed E-state index contributed by atoms with van der Waals surface area (Å²) in [7, 11) is -2.54. The van der Waals surface area contributed by atoms with Crippen molar-refractivity contribution < 1.29 is 22.7 Å². The number of ether oxygens (including phenoxy) is 1. The molecular weight excluding hydrogens is 550 g/mol. The zero-order chi connectivity index (χ0) is 31.0. The molecule has 42 heavy (non-hydrogen) atoms. The number of nitrogens with zero attached hydrogens (tertiary/aromatic N) is 2. The molecule has 0 saturated carbocycles. The van der Waals surface area contributed by atoms with Gasteiger partial charge in [0, 0.05) is 12.6 Å². The lowest BCUT2D eigenvalue weighted by Gasteiger charge is -2.32. The van der Waals surface area contributed by atoms with Gasteiger partial charge in [0.1, 0.15) is 18.3 Å². The van der Waals surface area contributed by atoms with E-state index in [1.54, 1.807) is 62.6 Å². The third-order valence-corrected chi connectivity index (χ3v) is 9.20. The van der Waals surface area contributed by atoms with Crippen LogP contribution in [0.3, 0.4) is 0 Å². The molecule has 3 rings (SSSR count). The van der Waals surface area contributed by atoms with Crippen molar-refractivity contribution in [3.63, 3.8) is 0 Å². The van der Waals surface area contributed by atoms with Crippen LogP contribution < -0.4 is 14.4 Å². The molecule has 0 aliphatic carbocycles. The van der Waals surface area contributed by atoms with Crippen LogP contribution in [-0.2, 0) is 26.2 Å². The van der Waals surface area contributed by atoms with E-state index >= 15 is 0 Å². The second-order valence-corrected chi connectivity index (χ2v) is 12.8. The highest BCUT2D eigenvalue weighted by Gasteiger charge is 2.32. The average Bonchev–Trinajstić information content (AvgIpc) is 2.98. The Bertz CT molecular complexity index is 1440. The first-order chi connectivity index (χ1) is 19.9. The number of carbonyl (C=O) groups is 2. The lowest BCUT2D eigenvalue weighted by molar-refractivity contribution is -0.139. The predicted octanol–water partition coefficient (Wildman–Crippen LogP) is 5.65. The summed E-state index contributed by atoms with van der Waals surface area (Å²) in [5, 5.41) is 2.95. The fraction of sp³-hybridized carbons (Fsp3) is 0.394. The van der Waals surface area contributed by atoms with Gasteiger partial charge in [0.2, 0.25) is 11.8 Å². The Kier molecular flexibility index (Phi) is 11.2. The Hall–Kier alpha value is -3.85. The monoisotopic (exact) mass is 593 g/mol. The van der Waals surface area contributed by atoms with Crippen LogP contribution in [-0.4, -0.2) is 50.9 Å². The summed E-state index contributed by atoms with van der Waals surface area (Å²) in [5.74, 6) is 0.119. The fourth-order valence-corrected chi connectivity index (χ4v) is 5.78. The molecule has 3 aromatic rings. The van der Waals surface area contributed by atoms with E-state index in [0.29, 0.717) is 11.4 Å². The lowest BCUT2D eigenvalue weighted by atomic mass is 10.0. The van der Waals surface area contributed by atoms with Crippen LogP contribution in [0.25, 0.3) is 0 Å². The summed E-state index contributed by atoms with van der Waals surface area (Å²) in [5.41, 5.74) is 3.12. The Morgan fingerprint density at radius 2 is 1.48 bits per heavy atom. The molecule has 3 aromatic carbocycles. The van der Waals surface area contributed by atoms with Gasteiger partial charge in [-0.25, -0.2) is 8.42 Å². The summed E-state index contributed by atoms with van der Waals surface area (Å²) in [6, 6.07) is 20.0. The molecule has 0 fully saturated rings. The maximum atomic E-state index is 14.1. The molecule has 0 radical (unpaired) electrons. The molecular formula is C33H43N3O5S. The molecule has 0 saturated heterocycles. The molecule has 0 aliphatic heterocycles. The second-order valence-electron chi connectivity index (χ2n) is 10.9. The first-order valence-electron chi connectivity index (χ1n) is 14.3. The van der Waals surface area contributed by atoms with Crippen LogP contribution in [0.15, 0.2) is 77.7 Å². The van der Waals surface area contributed by atoms with Crippen LogP contribution in [0.2, 0.25) is 0 Å². The average molecular weight is 594 g/mol. The van der Waals surface area contributed by atoms with Crippen LogP contribution in [0.4, 0.5) is 5.69 Å². The van der Waals surface area contributed by atoms with Gasteiger partial charge in [0.05, 0.1) is 17.7 Å². The van der Waals surface area contributed by atoms with Crippen molar-refractivity contribution in [2.75, 3.05) is 18.0 Å². The number of hydrogen-bond acceptors (Lipinski definition) is 5. The van der Waals surface area contributed by atoms with Gasteiger partial charge in [-0.1, -0.05) is 62.7 Å². The second kappa shape index (κ2) is 14.4. The van der Waals surface area contributed by atoms with E-state index in [1.807, 2.05) is 45.0 Å². The third kappa shape index (κ3) is 8.12. The van der Waals surface area contributed by atoms with Crippen molar-refractivity contribution >= 4 is 27.5 Å². The molecule has 8 nitrogen and oxygen atoms in total. The predicted molar refractivity (Wildman–Crippen MR) is 167 cm³/mol. The fourth-order valence-electron chi connectivity index (χ4n) is 4.37. The van der Waals surface area contributed by atoms with Gasteiger partial charge in [-0.15, -0.1) is 0 Å². The van der Waals surface area contributed by atoms with E-state index in [-0.39, 0.29) is 29.3 Å². The minimum absolute atomic E-state index is 0.0734. The first-order valence-corrected chi connectivity index (χ1v) is 15.7. The lowest BCUT2D eigenvalue weighted by Crippen LogP contribution is -2.52. The van der Waals surface area contributed by atoms with E-state index in [9.17, 15) is 18.0 Å². The number of anilines is 1. The van der Waals surface area contributed by atoms with Crippen LogP contribution in [0, 0.1) is 6.92 Å². The van der Waals surface area contributed by atoms with Crippen LogP contribution >= 0.6 is 0 Å². The molecule has 226 valence electrons. The van der Waals surface area contributed by atoms with Crippen molar-refractivity contribution in [1.82, 2.24) is 10.2 Å². The number of carbonyl (C=O) groups excluding carboxylic acids is 2. The molecule has 0 spiro atoms. The quantitative estimate of drug-likeness (QED) is 0.276. The number of amides is 2. The smallest absolute Gasteiger partial charge is 0.264 e. The number of sulfonamides is 1. The van der Waals surface area contributed by atoms with E-state index in [4.69, 9.17) is 4.74 Å². The molecule has 1 N–H and O–H groups in total. The largest absolute Gasteiger partial charge is 0.497 e. The van der Waals surface area contributed by atoms with Gasteiger partial charge in [0.25, 0.3) is 10.0 Å². The Labute approximate surface area is 250 Å². The van der Waals surface area contributed by atoms with Crippen molar-refractivity contribution in [1.29, 1.82) is 0 Å². The number of nitrogens with one attached hydrogen (secondary N) is 1. The minimum Gasteiger partial charge on any atom is -0.497 e. The van der Waals surface area contributed by atoms with Crippen molar-refractivity contribution in [2.45, 2.75) is 77.4 Å². The third-order valence-electron chi connectivity index (χ3n) is 7.42. The number of rotatable bonds is 13. The Morgan fingerprint density at radius 1 is 0.881 bits per heavy atom. The maximum absolute atomic E-state index is 14.1. The Balaban J connectivity index is 2.03. The molecule has 0 unspecified atom stereocenters. The van der Waals surface area contributed by atoms with Crippen LogP contribution in [0.5, 0.6) is 5.75 Å². The van der Waals surface area contributed by atoms with Crippen molar-refractivity contribution in [3.05, 3.63) is 89.5 Å². The topological polar surface area (TPSA) is 96.0 Å². The SMILES string of the molecule is CC[C@@H](C)NC(=O)[C@H](C)N(Cc1ccc(OC)cc1)C(=O)CN(c1ccc(C(C)C)cc1)S(=O)(=O)c1ccc(C)cc1. The highest BCUT2D eigenvalue weighted by Crippen LogP contribution is 2.27. The zero-order valence-electron chi connectivity index (χ0n) is 25.6. The molecule has 0 aliphatic rings. The molecule has 0 aromatic heterocycles. The summed E-state index contributed by atoms with van der Waals surface area (Å²) < 4.78 is 34.4. The van der Waals surface area contributed by atoms with E-state index < -0.39 is 28.5 Å². The molecule has 2 atom stereocenters. The summed E-state index contributed by atoms with van der Waals surface area (Å²) >= 11 is 0. The normalized spacial score (nSPS) is 12.9. The number of hydrogen-bond donors (Lipinski definition) is 1. The summed E-state index contributed by atoms with van der Waals surface area (Å²) in [6.07, 6.45) is 0.736. The first kappa shape index (κ1) is 32.7. The van der Waals surface area contributed by atoms with E-state index in [2.05, 4.69) is 19.2 Å². The van der Waals surface area contributed by atoms with Crippen molar-refractivity contribution in [3.8, 4) is 5.75 Å². The zero-order valence-corrected chi connectivity index (χ0v) is 26.4. The Morgan fingerprint density at radius 3 is 2.00 bits per heavy atom. The van der Waals surface area contributed by atoms with E-state index in [0.717, 1.165) is 27.4 Å². The summed E-state index contributed by atoms with van der Waals surface area (Å²) in [4.78, 5) is 28.8. The maximum Gasteiger partial charge on any atom is 0.264 e. The van der Waals surface area contributed by atoms with Gasteiger partial charge in [-0.3, -0.25) is 13.9 Å². The molecule has 0 bridgehead atoms. The number of methoxy groups -OCH3 is 1. The number of aryl methyl sites for hydroxylation is 1. The highest BCUT2D eigenvalue weighted by molar-refractivity contribution is 7.92. The molecule has 0 heterocycles. The van der Waals surface area contributed by atoms with Crippen molar-refractivity contribution in [2.24, 2.45) is 0 Å². The molecule has 9 heteroatoms. The summed E-state index contributed by atoms with van der Waals surface area (Å²) in [6.45, 7) is 11.2. The number of benzene rings is 3. The van der Waals surface area contributed by atoms with Gasteiger partial charge in [-0.05, 0) is 80.6 Å². The van der Waals surface area contributed by atoms with Gasteiger partial charge in [0.15, 0.2) is 0 Å². The standard InChI is InChI=1S/C33H43N3O5S/c1-8-25(5)34-33(38)26(6)35(21-27-11-17-30(41-7)18-12-27)32(37)22-36(29-15-13-28(14-16-29)23(2)3)42(39,40)31-19-9-24(4)10-20-31/h9-20,23,25-26H,8,21-22H2,1-7H3,(H,34,38)/t25-,26+/m1/s1. The highest BCUT2D eigenvalue weighted by atomic mass is 32.2. The van der Waals surface area contributed by atoms with E-state index in [1.165, 1.54) is 4.90 Å². The molecule has 2 amide bonds. The van der Waals surface area contributed by atoms with Gasteiger partial charge in [-0.2, -0.15) is 0 Å². The minimum atomic E-state index is -4.11. The van der Waals surface area contributed by atoms with Gasteiger partial charge >= 0.3 is 0 Å². The van der Waals surface area contributed by atoms with Crippen LogP contribution in [0.1, 0.15) is 63.6 Å². The van der Waals surface area contributed by atoms with Gasteiger partial charge < -0.3 is 15.0 Å².